The minimum absolute atomic E-state index is 0.174. The summed E-state index contributed by atoms with van der Waals surface area (Å²) in [7, 11) is 3.87. The highest BCUT2D eigenvalue weighted by Gasteiger charge is 2.39. The Kier molecular flexibility index (Phi) is 7.90. The molecule has 1 N–H and O–H groups in total. The summed E-state index contributed by atoms with van der Waals surface area (Å²) in [6.45, 7) is 3.59. The van der Waals surface area contributed by atoms with E-state index in [1.165, 1.54) is 9.80 Å². The molecule has 8 nitrogen and oxygen atoms in total. The van der Waals surface area contributed by atoms with Crippen LogP contribution in [0.1, 0.15) is 29.8 Å². The van der Waals surface area contributed by atoms with Gasteiger partial charge in [-0.3, -0.25) is 24.1 Å². The fourth-order valence-corrected chi connectivity index (χ4v) is 4.62. The standard InChI is InChI=1S/C30H32N4O4/c1-20(2)27(29(37)31-22-14-16-23(17-15-22)32(3)4)34(18-21-10-6-5-7-11-21)26(35)19-33-25-13-9-8-12-24(25)28(36)30(33)38/h5-17,20,27H,18-19H2,1-4H3,(H,31,37)/t27-/m0/s1. The lowest BCUT2D eigenvalue weighted by atomic mass is 10.00. The average molecular weight is 513 g/mol. The Balaban J connectivity index is 1.63. The molecule has 0 saturated carbocycles. The van der Waals surface area contributed by atoms with Gasteiger partial charge in [0, 0.05) is 32.0 Å². The van der Waals surface area contributed by atoms with E-state index in [1.807, 2.05) is 87.4 Å². The van der Waals surface area contributed by atoms with E-state index >= 15 is 0 Å². The first-order valence-electron chi connectivity index (χ1n) is 12.5. The largest absolute Gasteiger partial charge is 0.378 e. The van der Waals surface area contributed by atoms with Gasteiger partial charge in [-0.2, -0.15) is 0 Å². The maximum absolute atomic E-state index is 13.8. The molecule has 196 valence electrons. The lowest BCUT2D eigenvalue weighted by Gasteiger charge is -2.34. The van der Waals surface area contributed by atoms with Gasteiger partial charge in [0.1, 0.15) is 12.6 Å². The quantitative estimate of drug-likeness (QED) is 0.438. The molecule has 8 heteroatoms. The zero-order chi connectivity index (χ0) is 27.4. The van der Waals surface area contributed by atoms with Crippen LogP contribution >= 0.6 is 0 Å². The molecule has 38 heavy (non-hydrogen) atoms. The number of ketones is 1. The highest BCUT2D eigenvalue weighted by Crippen LogP contribution is 2.29. The first-order valence-corrected chi connectivity index (χ1v) is 12.5. The molecule has 1 heterocycles. The molecule has 4 rings (SSSR count). The van der Waals surface area contributed by atoms with Crippen molar-refractivity contribution in [1.82, 2.24) is 4.90 Å². The third kappa shape index (κ3) is 5.59. The van der Waals surface area contributed by atoms with Crippen molar-refractivity contribution in [2.75, 3.05) is 35.8 Å². The lowest BCUT2D eigenvalue weighted by Crippen LogP contribution is -2.53. The predicted molar refractivity (Wildman–Crippen MR) is 148 cm³/mol. The third-order valence-corrected chi connectivity index (χ3v) is 6.58. The summed E-state index contributed by atoms with van der Waals surface area (Å²) in [5.41, 5.74) is 3.14. The molecule has 0 unspecified atom stereocenters. The number of Topliss-reactive ketones (excluding diaryl/α,β-unsaturated/α-hetero) is 1. The Morgan fingerprint density at radius 1 is 0.868 bits per heavy atom. The normalized spacial score (nSPS) is 13.3. The number of para-hydroxylation sites is 1. The molecule has 0 saturated heterocycles. The molecule has 0 fully saturated rings. The summed E-state index contributed by atoms with van der Waals surface area (Å²) in [6, 6.07) is 22.6. The molecule has 0 bridgehead atoms. The SMILES string of the molecule is CC(C)[C@@H](C(=O)Nc1ccc(N(C)C)cc1)N(Cc1ccccc1)C(=O)CN1C(=O)C(=O)c2ccccc21. The number of hydrogen-bond donors (Lipinski definition) is 1. The van der Waals surface area contributed by atoms with E-state index < -0.39 is 23.6 Å². The van der Waals surface area contributed by atoms with Gasteiger partial charge < -0.3 is 15.1 Å². The van der Waals surface area contributed by atoms with E-state index in [4.69, 9.17) is 0 Å². The molecule has 1 aliphatic rings. The monoisotopic (exact) mass is 512 g/mol. The maximum atomic E-state index is 13.8. The van der Waals surface area contributed by atoms with Crippen molar-refractivity contribution in [2.24, 2.45) is 5.92 Å². The maximum Gasteiger partial charge on any atom is 0.299 e. The number of carbonyl (C=O) groups excluding carboxylic acids is 4. The van der Waals surface area contributed by atoms with Gasteiger partial charge in [0.05, 0.1) is 11.3 Å². The van der Waals surface area contributed by atoms with Crippen LogP contribution in [0.4, 0.5) is 17.1 Å². The Labute approximate surface area is 222 Å². The molecular weight excluding hydrogens is 480 g/mol. The van der Waals surface area contributed by atoms with Crippen LogP contribution in [-0.2, 0) is 20.9 Å². The fraction of sp³-hybridized carbons (Fsp3) is 0.267. The second-order valence-electron chi connectivity index (χ2n) is 9.86. The van der Waals surface area contributed by atoms with E-state index in [2.05, 4.69) is 5.32 Å². The zero-order valence-corrected chi connectivity index (χ0v) is 22.0. The second kappa shape index (κ2) is 11.3. The number of hydrogen-bond acceptors (Lipinski definition) is 5. The van der Waals surface area contributed by atoms with Crippen LogP contribution in [0.5, 0.6) is 0 Å². The van der Waals surface area contributed by atoms with Crippen LogP contribution in [0.15, 0.2) is 78.9 Å². The average Bonchev–Trinajstić information content (AvgIpc) is 3.14. The number of anilines is 3. The summed E-state index contributed by atoms with van der Waals surface area (Å²) >= 11 is 0. The van der Waals surface area contributed by atoms with E-state index in [0.29, 0.717) is 11.4 Å². The molecule has 1 aliphatic heterocycles. The van der Waals surface area contributed by atoms with Crippen LogP contribution in [0.2, 0.25) is 0 Å². The molecule has 3 amide bonds. The molecular formula is C30H32N4O4. The van der Waals surface area contributed by atoms with E-state index in [9.17, 15) is 19.2 Å². The predicted octanol–water partition coefficient (Wildman–Crippen LogP) is 3.97. The summed E-state index contributed by atoms with van der Waals surface area (Å²) in [5, 5.41) is 2.95. The molecule has 1 atom stereocenters. The van der Waals surface area contributed by atoms with Crippen molar-refractivity contribution in [3.05, 3.63) is 90.0 Å². The van der Waals surface area contributed by atoms with Gasteiger partial charge in [-0.25, -0.2) is 0 Å². The minimum atomic E-state index is -0.820. The first kappa shape index (κ1) is 26.6. The highest BCUT2D eigenvalue weighted by molar-refractivity contribution is 6.52. The Hall–Kier alpha value is -4.46. The number of nitrogens with one attached hydrogen (secondary N) is 1. The minimum Gasteiger partial charge on any atom is -0.378 e. The van der Waals surface area contributed by atoms with Gasteiger partial charge in [-0.15, -0.1) is 0 Å². The lowest BCUT2D eigenvalue weighted by molar-refractivity contribution is -0.140. The van der Waals surface area contributed by atoms with Crippen LogP contribution in [-0.4, -0.2) is 55.1 Å². The number of benzene rings is 3. The van der Waals surface area contributed by atoms with E-state index in [1.54, 1.807) is 24.3 Å². The van der Waals surface area contributed by atoms with Gasteiger partial charge in [0.2, 0.25) is 11.8 Å². The van der Waals surface area contributed by atoms with Gasteiger partial charge in [-0.05, 0) is 47.9 Å². The van der Waals surface area contributed by atoms with Crippen molar-refractivity contribution < 1.29 is 19.2 Å². The zero-order valence-electron chi connectivity index (χ0n) is 22.0. The smallest absolute Gasteiger partial charge is 0.299 e. The number of amides is 3. The third-order valence-electron chi connectivity index (χ3n) is 6.58. The molecule has 0 spiro atoms. The van der Waals surface area contributed by atoms with Crippen molar-refractivity contribution in [3.8, 4) is 0 Å². The summed E-state index contributed by atoms with van der Waals surface area (Å²) in [5.74, 6) is -2.37. The second-order valence-corrected chi connectivity index (χ2v) is 9.86. The van der Waals surface area contributed by atoms with E-state index in [0.717, 1.165) is 11.3 Å². The summed E-state index contributed by atoms with van der Waals surface area (Å²) in [6.07, 6.45) is 0. The fourth-order valence-electron chi connectivity index (χ4n) is 4.62. The molecule has 3 aromatic rings. The van der Waals surface area contributed by atoms with Gasteiger partial charge in [-0.1, -0.05) is 56.3 Å². The van der Waals surface area contributed by atoms with Crippen LogP contribution in [0.25, 0.3) is 0 Å². The van der Waals surface area contributed by atoms with Crippen LogP contribution in [0.3, 0.4) is 0 Å². The molecule has 0 aromatic heterocycles. The number of fused-ring (bicyclic) bond motifs is 1. The number of carbonyl (C=O) groups is 4. The van der Waals surface area contributed by atoms with Crippen molar-refractivity contribution >= 4 is 40.6 Å². The van der Waals surface area contributed by atoms with Crippen LogP contribution < -0.4 is 15.1 Å². The van der Waals surface area contributed by atoms with Crippen LogP contribution in [0, 0.1) is 5.92 Å². The van der Waals surface area contributed by atoms with Gasteiger partial charge in [0.25, 0.3) is 11.7 Å². The first-order chi connectivity index (χ1) is 18.2. The number of nitrogens with zero attached hydrogens (tertiary/aromatic N) is 3. The molecule has 3 aromatic carbocycles. The summed E-state index contributed by atoms with van der Waals surface area (Å²) in [4.78, 5) is 57.3. The Bertz CT molecular complexity index is 1340. The van der Waals surface area contributed by atoms with E-state index in [-0.39, 0.29) is 30.5 Å². The van der Waals surface area contributed by atoms with Crippen molar-refractivity contribution in [1.29, 1.82) is 0 Å². The van der Waals surface area contributed by atoms with Crippen molar-refractivity contribution in [2.45, 2.75) is 26.4 Å². The highest BCUT2D eigenvalue weighted by atomic mass is 16.2. The van der Waals surface area contributed by atoms with Crippen molar-refractivity contribution in [3.63, 3.8) is 0 Å². The molecule has 0 radical (unpaired) electrons. The summed E-state index contributed by atoms with van der Waals surface area (Å²) < 4.78 is 0. The molecule has 0 aliphatic carbocycles. The Morgan fingerprint density at radius 2 is 1.50 bits per heavy atom. The topological polar surface area (TPSA) is 90.0 Å². The number of rotatable bonds is 9. The van der Waals surface area contributed by atoms with Gasteiger partial charge in [0.15, 0.2) is 0 Å². The van der Waals surface area contributed by atoms with Gasteiger partial charge >= 0.3 is 0 Å². The Morgan fingerprint density at radius 3 is 2.13 bits per heavy atom.